The van der Waals surface area contributed by atoms with Crippen molar-refractivity contribution in [1.82, 2.24) is 0 Å². The lowest BCUT2D eigenvalue weighted by molar-refractivity contribution is -0.0296. The number of benzene rings is 1. The molecule has 1 saturated heterocycles. The first kappa shape index (κ1) is 15.2. The highest BCUT2D eigenvalue weighted by molar-refractivity contribution is 5.13. The van der Waals surface area contributed by atoms with Crippen LogP contribution in [-0.2, 0) is 16.1 Å². The van der Waals surface area contributed by atoms with Crippen molar-refractivity contribution in [1.29, 1.82) is 0 Å². The van der Waals surface area contributed by atoms with Crippen LogP contribution in [0.4, 0.5) is 0 Å². The van der Waals surface area contributed by atoms with Crippen molar-refractivity contribution < 1.29 is 14.6 Å². The molecule has 20 heavy (non-hydrogen) atoms. The molecule has 1 aliphatic heterocycles. The van der Waals surface area contributed by atoms with Crippen molar-refractivity contribution in [3.05, 3.63) is 48.0 Å². The van der Waals surface area contributed by atoms with E-state index in [0.29, 0.717) is 19.6 Å². The molecule has 1 heterocycles. The average Bonchev–Trinajstić information content (AvgIpc) is 2.81. The maximum Gasteiger partial charge on any atom is 0.0874 e. The summed E-state index contributed by atoms with van der Waals surface area (Å²) in [6.07, 6.45) is 6.21. The van der Waals surface area contributed by atoms with Gasteiger partial charge < -0.3 is 14.6 Å². The molecule has 1 N–H and O–H groups in total. The highest BCUT2D eigenvalue weighted by Gasteiger charge is 2.32. The monoisotopic (exact) mass is 276 g/mol. The molecule has 0 bridgehead atoms. The highest BCUT2D eigenvalue weighted by Crippen LogP contribution is 2.23. The molecule has 110 valence electrons. The first-order chi connectivity index (χ1) is 9.79. The third-order valence-electron chi connectivity index (χ3n) is 3.49. The molecular weight excluding hydrogens is 252 g/mol. The van der Waals surface area contributed by atoms with E-state index in [2.05, 4.69) is 19.1 Å². The predicted molar refractivity (Wildman–Crippen MR) is 79.4 cm³/mol. The molecule has 3 atom stereocenters. The van der Waals surface area contributed by atoms with Crippen LogP contribution in [0.2, 0.25) is 0 Å². The molecule has 0 aromatic heterocycles. The van der Waals surface area contributed by atoms with E-state index in [9.17, 15) is 5.11 Å². The summed E-state index contributed by atoms with van der Waals surface area (Å²) in [6, 6.07) is 10.1. The van der Waals surface area contributed by atoms with E-state index in [1.54, 1.807) is 0 Å². The van der Waals surface area contributed by atoms with Gasteiger partial charge in [-0.15, -0.1) is 0 Å². The summed E-state index contributed by atoms with van der Waals surface area (Å²) in [5.74, 6) is 0. The fourth-order valence-corrected chi connectivity index (χ4v) is 2.41. The Kier molecular flexibility index (Phi) is 6.25. The summed E-state index contributed by atoms with van der Waals surface area (Å²) < 4.78 is 11.5. The second kappa shape index (κ2) is 8.20. The van der Waals surface area contributed by atoms with E-state index in [-0.39, 0.29) is 18.3 Å². The number of aliphatic hydroxyl groups excluding tert-OH is 1. The Morgan fingerprint density at radius 1 is 1.30 bits per heavy atom. The standard InChI is InChI=1S/C17H24O3/c1-2-3-5-10-17-16(18)11-15(20-17)13-19-12-14-8-6-4-7-9-14/h3-9,15-18H,2,10-13H2,1H3/b5-3+/t15-,16+,17+/m0/s1. The summed E-state index contributed by atoms with van der Waals surface area (Å²) in [7, 11) is 0. The highest BCUT2D eigenvalue weighted by atomic mass is 16.6. The van der Waals surface area contributed by atoms with Crippen molar-refractivity contribution in [2.45, 2.75) is 51.1 Å². The Bertz CT molecular complexity index is 402. The fourth-order valence-electron chi connectivity index (χ4n) is 2.41. The minimum Gasteiger partial charge on any atom is -0.390 e. The summed E-state index contributed by atoms with van der Waals surface area (Å²) in [5, 5.41) is 9.96. The molecule has 2 rings (SSSR count). The number of hydrogen-bond acceptors (Lipinski definition) is 3. The predicted octanol–water partition coefficient (Wildman–Crippen LogP) is 3.08. The molecule has 0 unspecified atom stereocenters. The van der Waals surface area contributed by atoms with Gasteiger partial charge in [-0.25, -0.2) is 0 Å². The summed E-state index contributed by atoms with van der Waals surface area (Å²) in [4.78, 5) is 0. The van der Waals surface area contributed by atoms with Crippen LogP contribution in [-0.4, -0.2) is 30.0 Å². The molecule has 1 aliphatic rings. The van der Waals surface area contributed by atoms with Crippen molar-refractivity contribution >= 4 is 0 Å². The molecule has 1 fully saturated rings. The zero-order valence-corrected chi connectivity index (χ0v) is 12.1. The molecular formula is C17H24O3. The number of ether oxygens (including phenoxy) is 2. The molecule has 3 heteroatoms. The molecule has 3 nitrogen and oxygen atoms in total. The molecule has 0 radical (unpaired) electrons. The van der Waals surface area contributed by atoms with Crippen molar-refractivity contribution in [2.75, 3.05) is 6.61 Å². The number of hydrogen-bond donors (Lipinski definition) is 1. The number of allylic oxidation sites excluding steroid dienone is 1. The molecule has 1 aromatic carbocycles. The van der Waals surface area contributed by atoms with Gasteiger partial charge in [-0.05, 0) is 18.4 Å². The first-order valence-electron chi connectivity index (χ1n) is 7.39. The second-order valence-electron chi connectivity index (χ2n) is 5.22. The lowest BCUT2D eigenvalue weighted by atomic mass is 10.1. The Morgan fingerprint density at radius 3 is 2.85 bits per heavy atom. The number of rotatable bonds is 7. The van der Waals surface area contributed by atoms with Crippen LogP contribution in [0.25, 0.3) is 0 Å². The van der Waals surface area contributed by atoms with E-state index in [1.165, 1.54) is 0 Å². The van der Waals surface area contributed by atoms with Crippen molar-refractivity contribution in [3.63, 3.8) is 0 Å². The third-order valence-corrected chi connectivity index (χ3v) is 3.49. The first-order valence-corrected chi connectivity index (χ1v) is 7.39. The second-order valence-corrected chi connectivity index (χ2v) is 5.22. The average molecular weight is 276 g/mol. The van der Waals surface area contributed by atoms with Crippen LogP contribution < -0.4 is 0 Å². The van der Waals surface area contributed by atoms with E-state index < -0.39 is 0 Å². The van der Waals surface area contributed by atoms with Crippen LogP contribution in [0.15, 0.2) is 42.5 Å². The van der Waals surface area contributed by atoms with Crippen LogP contribution in [0.1, 0.15) is 31.7 Å². The van der Waals surface area contributed by atoms with Gasteiger partial charge in [-0.3, -0.25) is 0 Å². The van der Waals surface area contributed by atoms with Crippen molar-refractivity contribution in [3.8, 4) is 0 Å². The van der Waals surface area contributed by atoms with E-state index in [1.807, 2.05) is 30.3 Å². The molecule has 0 spiro atoms. The topological polar surface area (TPSA) is 38.7 Å². The maximum atomic E-state index is 9.96. The zero-order valence-electron chi connectivity index (χ0n) is 12.1. The molecule has 0 saturated carbocycles. The van der Waals surface area contributed by atoms with Crippen LogP contribution in [0.5, 0.6) is 0 Å². The van der Waals surface area contributed by atoms with Gasteiger partial charge in [0, 0.05) is 6.42 Å². The smallest absolute Gasteiger partial charge is 0.0874 e. The summed E-state index contributed by atoms with van der Waals surface area (Å²) in [5.41, 5.74) is 1.16. The van der Waals surface area contributed by atoms with Gasteiger partial charge in [0.25, 0.3) is 0 Å². The van der Waals surface area contributed by atoms with Gasteiger partial charge in [0.2, 0.25) is 0 Å². The van der Waals surface area contributed by atoms with Gasteiger partial charge in [0.05, 0.1) is 31.5 Å². The lowest BCUT2D eigenvalue weighted by Crippen LogP contribution is -2.20. The summed E-state index contributed by atoms with van der Waals surface area (Å²) >= 11 is 0. The minimum absolute atomic E-state index is 0.00809. The van der Waals surface area contributed by atoms with Gasteiger partial charge in [0.15, 0.2) is 0 Å². The Balaban J connectivity index is 1.68. The Hall–Kier alpha value is -1.16. The maximum absolute atomic E-state index is 9.96. The Morgan fingerprint density at radius 2 is 2.10 bits per heavy atom. The SMILES string of the molecule is CC/C=C/C[C@H]1O[C@H](COCc2ccccc2)C[C@H]1O. The molecule has 1 aromatic rings. The normalized spacial score (nSPS) is 26.4. The summed E-state index contributed by atoms with van der Waals surface area (Å²) in [6.45, 7) is 3.24. The fraction of sp³-hybridized carbons (Fsp3) is 0.529. The van der Waals surface area contributed by atoms with E-state index >= 15 is 0 Å². The third kappa shape index (κ3) is 4.75. The van der Waals surface area contributed by atoms with E-state index in [0.717, 1.165) is 18.4 Å². The molecule has 0 amide bonds. The van der Waals surface area contributed by atoms with Crippen molar-refractivity contribution in [2.24, 2.45) is 0 Å². The van der Waals surface area contributed by atoms with Gasteiger partial charge >= 0.3 is 0 Å². The minimum atomic E-state index is -0.373. The van der Waals surface area contributed by atoms with Gasteiger partial charge in [0.1, 0.15) is 0 Å². The van der Waals surface area contributed by atoms with E-state index in [4.69, 9.17) is 9.47 Å². The zero-order chi connectivity index (χ0) is 14.2. The number of aliphatic hydroxyl groups is 1. The largest absolute Gasteiger partial charge is 0.390 e. The van der Waals surface area contributed by atoms with Crippen LogP contribution >= 0.6 is 0 Å². The van der Waals surface area contributed by atoms with Gasteiger partial charge in [-0.1, -0.05) is 49.4 Å². The van der Waals surface area contributed by atoms with Gasteiger partial charge in [-0.2, -0.15) is 0 Å². The molecule has 0 aliphatic carbocycles. The quantitative estimate of drug-likeness (QED) is 0.778. The van der Waals surface area contributed by atoms with Crippen LogP contribution in [0.3, 0.4) is 0 Å². The Labute approximate surface area is 121 Å². The lowest BCUT2D eigenvalue weighted by Gasteiger charge is -2.13. The van der Waals surface area contributed by atoms with Crippen LogP contribution in [0, 0.1) is 0 Å².